The Balaban J connectivity index is 1.96. The molecule has 0 fully saturated rings. The molecule has 25 heavy (non-hydrogen) atoms. The summed E-state index contributed by atoms with van der Waals surface area (Å²) in [4.78, 5) is 20.4. The molecule has 0 radical (unpaired) electrons. The van der Waals surface area contributed by atoms with Crippen molar-refractivity contribution in [3.8, 4) is 5.69 Å². The summed E-state index contributed by atoms with van der Waals surface area (Å²) in [6.45, 7) is 5.40. The van der Waals surface area contributed by atoms with Gasteiger partial charge in [-0.1, -0.05) is 6.07 Å². The van der Waals surface area contributed by atoms with Gasteiger partial charge in [0.1, 0.15) is 17.7 Å². The van der Waals surface area contributed by atoms with Gasteiger partial charge in [0.15, 0.2) is 5.65 Å². The summed E-state index contributed by atoms with van der Waals surface area (Å²) >= 11 is 0. The first-order valence-electron chi connectivity index (χ1n) is 7.84. The monoisotopic (exact) mass is 340 g/mol. The van der Waals surface area contributed by atoms with E-state index in [0.717, 1.165) is 11.4 Å². The van der Waals surface area contributed by atoms with Crippen LogP contribution in [0.15, 0.2) is 36.8 Å². The molecule has 8 nitrogen and oxygen atoms in total. The van der Waals surface area contributed by atoms with E-state index in [0.29, 0.717) is 16.9 Å². The van der Waals surface area contributed by atoms with E-state index in [1.807, 2.05) is 31.3 Å². The van der Waals surface area contributed by atoms with Gasteiger partial charge in [0.05, 0.1) is 17.3 Å². The predicted octanol–water partition coefficient (Wildman–Crippen LogP) is 3.20. The largest absolute Gasteiger partial charge is 0.444 e. The maximum absolute atomic E-state index is 12.0. The van der Waals surface area contributed by atoms with Crippen LogP contribution in [0, 0.1) is 0 Å². The van der Waals surface area contributed by atoms with E-state index in [4.69, 9.17) is 4.74 Å². The summed E-state index contributed by atoms with van der Waals surface area (Å²) in [6, 6.07) is 7.77. The number of carbonyl (C=O) groups is 1. The van der Waals surface area contributed by atoms with Crippen molar-refractivity contribution in [2.45, 2.75) is 26.4 Å². The lowest BCUT2D eigenvalue weighted by molar-refractivity contribution is 0.0635. The molecule has 2 aromatic heterocycles. The Hall–Kier alpha value is -3.16. The van der Waals surface area contributed by atoms with Gasteiger partial charge in [-0.2, -0.15) is 5.10 Å². The number of anilines is 2. The zero-order chi connectivity index (χ0) is 18.0. The Kier molecular flexibility index (Phi) is 4.26. The van der Waals surface area contributed by atoms with Gasteiger partial charge in [0.25, 0.3) is 0 Å². The fourth-order valence-corrected chi connectivity index (χ4v) is 2.33. The third-order valence-electron chi connectivity index (χ3n) is 3.36. The molecule has 130 valence electrons. The molecule has 0 unspecified atom stereocenters. The Morgan fingerprint density at radius 1 is 1.24 bits per heavy atom. The second-order valence-electron chi connectivity index (χ2n) is 6.44. The van der Waals surface area contributed by atoms with Gasteiger partial charge in [-0.15, -0.1) is 0 Å². The number of ether oxygens (including phenoxy) is 1. The minimum atomic E-state index is -0.589. The summed E-state index contributed by atoms with van der Waals surface area (Å²) in [5.41, 5.74) is 1.81. The first-order valence-corrected chi connectivity index (χ1v) is 7.84. The van der Waals surface area contributed by atoms with E-state index >= 15 is 0 Å². The summed E-state index contributed by atoms with van der Waals surface area (Å²) in [5, 5.41) is 10.7. The molecular weight excluding hydrogens is 320 g/mol. The Bertz CT molecular complexity index is 913. The van der Waals surface area contributed by atoms with Gasteiger partial charge in [0, 0.05) is 12.7 Å². The summed E-state index contributed by atoms with van der Waals surface area (Å²) in [5.74, 6) is 0.357. The molecule has 2 heterocycles. The first-order chi connectivity index (χ1) is 11.9. The number of carbonyl (C=O) groups excluding carboxylic acids is 1. The molecule has 0 atom stereocenters. The molecule has 3 rings (SSSR count). The van der Waals surface area contributed by atoms with E-state index in [1.165, 1.54) is 6.33 Å². The highest BCUT2D eigenvalue weighted by Gasteiger charge is 2.19. The van der Waals surface area contributed by atoms with Crippen molar-refractivity contribution in [1.29, 1.82) is 0 Å². The van der Waals surface area contributed by atoms with Crippen molar-refractivity contribution >= 4 is 28.6 Å². The number of nitrogens with zero attached hydrogens (tertiary/aromatic N) is 4. The van der Waals surface area contributed by atoms with E-state index in [-0.39, 0.29) is 0 Å². The third-order valence-corrected chi connectivity index (χ3v) is 3.36. The molecule has 0 saturated heterocycles. The van der Waals surface area contributed by atoms with Crippen molar-refractivity contribution in [2.24, 2.45) is 0 Å². The van der Waals surface area contributed by atoms with Crippen molar-refractivity contribution < 1.29 is 9.53 Å². The average Bonchev–Trinajstić information content (AvgIpc) is 2.98. The summed E-state index contributed by atoms with van der Waals surface area (Å²) < 4.78 is 6.96. The number of rotatable bonds is 3. The first kappa shape index (κ1) is 16.7. The summed E-state index contributed by atoms with van der Waals surface area (Å²) in [7, 11) is 1.85. The highest BCUT2D eigenvalue weighted by atomic mass is 16.6. The van der Waals surface area contributed by atoms with Gasteiger partial charge >= 0.3 is 6.09 Å². The third kappa shape index (κ3) is 3.68. The van der Waals surface area contributed by atoms with E-state index in [9.17, 15) is 4.79 Å². The normalized spacial score (nSPS) is 11.4. The van der Waals surface area contributed by atoms with Crippen LogP contribution >= 0.6 is 0 Å². The van der Waals surface area contributed by atoms with Crippen molar-refractivity contribution in [1.82, 2.24) is 19.7 Å². The second kappa shape index (κ2) is 6.39. The van der Waals surface area contributed by atoms with Gasteiger partial charge < -0.3 is 10.1 Å². The van der Waals surface area contributed by atoms with Crippen molar-refractivity contribution in [3.63, 3.8) is 0 Å². The van der Waals surface area contributed by atoms with Crippen LogP contribution in [-0.4, -0.2) is 38.5 Å². The molecule has 1 aromatic carbocycles. The maximum atomic E-state index is 12.0. The minimum absolute atomic E-state index is 0.357. The lowest BCUT2D eigenvalue weighted by Crippen LogP contribution is -2.27. The minimum Gasteiger partial charge on any atom is -0.444 e. The quantitative estimate of drug-likeness (QED) is 0.760. The van der Waals surface area contributed by atoms with Crippen molar-refractivity contribution in [2.75, 3.05) is 17.7 Å². The van der Waals surface area contributed by atoms with Gasteiger partial charge in [-0.05, 0) is 39.0 Å². The highest BCUT2D eigenvalue weighted by molar-refractivity contribution is 5.95. The lowest BCUT2D eigenvalue weighted by atomic mass is 10.2. The molecule has 0 aliphatic rings. The highest BCUT2D eigenvalue weighted by Crippen LogP contribution is 2.23. The lowest BCUT2D eigenvalue weighted by Gasteiger charge is -2.19. The maximum Gasteiger partial charge on any atom is 0.413 e. The Morgan fingerprint density at radius 3 is 2.76 bits per heavy atom. The average molecular weight is 340 g/mol. The molecule has 0 aliphatic carbocycles. The molecule has 3 aromatic rings. The number of fused-ring (bicyclic) bond motifs is 1. The SMILES string of the molecule is CNc1cccc(-n2ncc3c(NC(=O)OC(C)(C)C)ncnc32)c1. The van der Waals surface area contributed by atoms with Crippen LogP contribution in [0.4, 0.5) is 16.3 Å². The molecule has 0 bridgehead atoms. The zero-order valence-corrected chi connectivity index (χ0v) is 14.6. The second-order valence-corrected chi connectivity index (χ2v) is 6.44. The number of aromatic nitrogens is 4. The van der Waals surface area contributed by atoms with Gasteiger partial charge in [-0.25, -0.2) is 19.4 Å². The topological polar surface area (TPSA) is 94.0 Å². The van der Waals surface area contributed by atoms with E-state index < -0.39 is 11.7 Å². The molecule has 8 heteroatoms. The van der Waals surface area contributed by atoms with E-state index in [1.54, 1.807) is 31.6 Å². The molecule has 0 aliphatic heterocycles. The van der Waals surface area contributed by atoms with Crippen LogP contribution in [0.5, 0.6) is 0 Å². The molecule has 1 amide bonds. The smallest absolute Gasteiger partial charge is 0.413 e. The van der Waals surface area contributed by atoms with Gasteiger partial charge in [-0.3, -0.25) is 5.32 Å². The molecule has 2 N–H and O–H groups in total. The van der Waals surface area contributed by atoms with Gasteiger partial charge in [0.2, 0.25) is 0 Å². The zero-order valence-electron chi connectivity index (χ0n) is 14.6. The number of nitrogens with one attached hydrogen (secondary N) is 2. The molecule has 0 saturated carbocycles. The number of hydrogen-bond donors (Lipinski definition) is 2. The fourth-order valence-electron chi connectivity index (χ4n) is 2.33. The molecular formula is C17H20N6O2. The van der Waals surface area contributed by atoms with Crippen molar-refractivity contribution in [3.05, 3.63) is 36.8 Å². The van der Waals surface area contributed by atoms with Crippen LogP contribution in [0.1, 0.15) is 20.8 Å². The summed E-state index contributed by atoms with van der Waals surface area (Å²) in [6.07, 6.45) is 2.43. The number of hydrogen-bond acceptors (Lipinski definition) is 6. The van der Waals surface area contributed by atoms with Crippen LogP contribution in [0.2, 0.25) is 0 Å². The van der Waals surface area contributed by atoms with Crippen LogP contribution in [0.25, 0.3) is 16.7 Å². The van der Waals surface area contributed by atoms with Crippen LogP contribution < -0.4 is 10.6 Å². The Morgan fingerprint density at radius 2 is 2.04 bits per heavy atom. The van der Waals surface area contributed by atoms with Crippen LogP contribution in [0.3, 0.4) is 0 Å². The number of amides is 1. The number of benzene rings is 1. The van der Waals surface area contributed by atoms with E-state index in [2.05, 4.69) is 25.7 Å². The Labute approximate surface area is 145 Å². The molecule has 0 spiro atoms. The standard InChI is InChI=1S/C17H20N6O2/c1-17(2,3)25-16(24)22-14-13-9-21-23(15(13)20-10-19-14)12-7-5-6-11(8-12)18-4/h5-10,18H,1-4H3,(H,19,20,22,24). The fraction of sp³-hybridized carbons (Fsp3) is 0.294. The van der Waals surface area contributed by atoms with Crippen LogP contribution in [-0.2, 0) is 4.74 Å². The predicted molar refractivity (Wildman–Crippen MR) is 96.1 cm³/mol.